The average Bonchev–Trinajstić information content (AvgIpc) is 2.90. The summed E-state index contributed by atoms with van der Waals surface area (Å²) in [4.78, 5) is 3.82. The number of benzene rings is 1. The van der Waals surface area contributed by atoms with E-state index in [2.05, 4.69) is 15.2 Å². The van der Waals surface area contributed by atoms with Crippen molar-refractivity contribution in [3.63, 3.8) is 0 Å². The third kappa shape index (κ3) is 3.22. The van der Waals surface area contributed by atoms with Gasteiger partial charge in [0.15, 0.2) is 5.82 Å². The van der Waals surface area contributed by atoms with Crippen LogP contribution in [0.3, 0.4) is 0 Å². The Balaban J connectivity index is 2.29. The third-order valence-electron chi connectivity index (χ3n) is 3.37. The molecule has 3 rings (SSSR count). The Kier molecular flexibility index (Phi) is 4.23. The lowest BCUT2D eigenvalue weighted by Crippen LogP contribution is -2.06. The van der Waals surface area contributed by atoms with Gasteiger partial charge in [0.1, 0.15) is 16.6 Å². The van der Waals surface area contributed by atoms with E-state index in [4.69, 9.17) is 23.2 Å². The number of halogens is 5. The molecular formula is C15H9Cl2F3N4. The van der Waals surface area contributed by atoms with Crippen LogP contribution in [0.1, 0.15) is 5.56 Å². The number of pyridine rings is 1. The largest absolute Gasteiger partial charge is 0.416 e. The van der Waals surface area contributed by atoms with Crippen molar-refractivity contribution in [1.29, 1.82) is 0 Å². The molecule has 0 aliphatic rings. The minimum absolute atomic E-state index is 0.0822. The number of rotatable bonds is 2. The Morgan fingerprint density at radius 1 is 1.00 bits per heavy atom. The fourth-order valence-corrected chi connectivity index (χ4v) is 2.76. The van der Waals surface area contributed by atoms with Gasteiger partial charge in [-0.05, 0) is 41.5 Å². The minimum atomic E-state index is -4.48. The van der Waals surface area contributed by atoms with Crippen molar-refractivity contribution < 1.29 is 13.2 Å². The van der Waals surface area contributed by atoms with Crippen LogP contribution in [-0.2, 0) is 13.2 Å². The molecule has 24 heavy (non-hydrogen) atoms. The molecule has 0 N–H and O–H groups in total. The average molecular weight is 373 g/mol. The molecule has 0 saturated carbocycles. The van der Waals surface area contributed by atoms with Crippen molar-refractivity contribution in [2.24, 2.45) is 7.05 Å². The van der Waals surface area contributed by atoms with E-state index in [1.807, 2.05) is 0 Å². The molecule has 2 heterocycles. The lowest BCUT2D eigenvalue weighted by molar-refractivity contribution is -0.137. The number of hydrogen-bond donors (Lipinski definition) is 0. The maximum atomic E-state index is 13.1. The van der Waals surface area contributed by atoms with Gasteiger partial charge >= 0.3 is 6.18 Å². The molecular weight excluding hydrogens is 364 g/mol. The normalized spacial score (nSPS) is 11.8. The van der Waals surface area contributed by atoms with E-state index in [1.54, 1.807) is 11.6 Å². The Hall–Kier alpha value is -2.12. The van der Waals surface area contributed by atoms with Gasteiger partial charge in [0.2, 0.25) is 0 Å². The van der Waals surface area contributed by atoms with E-state index in [0.717, 1.165) is 12.1 Å². The molecule has 0 aliphatic heterocycles. The highest BCUT2D eigenvalue weighted by molar-refractivity contribution is 6.32. The Morgan fingerprint density at radius 3 is 2.21 bits per heavy atom. The number of nitrogens with zero attached hydrogens (tertiary/aromatic N) is 4. The molecule has 3 aromatic rings. The molecule has 0 unspecified atom stereocenters. The first-order valence-electron chi connectivity index (χ1n) is 6.65. The Labute approximate surface area is 144 Å². The number of alkyl halides is 3. The van der Waals surface area contributed by atoms with E-state index in [-0.39, 0.29) is 15.9 Å². The van der Waals surface area contributed by atoms with Crippen molar-refractivity contribution in [2.75, 3.05) is 0 Å². The van der Waals surface area contributed by atoms with Gasteiger partial charge < -0.3 is 4.57 Å². The van der Waals surface area contributed by atoms with Crippen LogP contribution in [0.4, 0.5) is 13.2 Å². The summed E-state index contributed by atoms with van der Waals surface area (Å²) >= 11 is 11.8. The first-order valence-corrected chi connectivity index (χ1v) is 7.40. The summed E-state index contributed by atoms with van der Waals surface area (Å²) in [5.41, 5.74) is 0.380. The van der Waals surface area contributed by atoms with Crippen LogP contribution in [0.25, 0.3) is 22.5 Å². The summed E-state index contributed by atoms with van der Waals surface area (Å²) < 4.78 is 40.9. The third-order valence-corrected chi connectivity index (χ3v) is 3.76. The van der Waals surface area contributed by atoms with Crippen molar-refractivity contribution in [2.45, 2.75) is 6.18 Å². The molecule has 1 aromatic carbocycles. The zero-order valence-electron chi connectivity index (χ0n) is 12.1. The van der Waals surface area contributed by atoms with Gasteiger partial charge in [-0.2, -0.15) is 13.2 Å². The van der Waals surface area contributed by atoms with Crippen molar-refractivity contribution in [1.82, 2.24) is 19.7 Å². The fraction of sp³-hybridized carbons (Fsp3) is 0.133. The highest BCUT2D eigenvalue weighted by Gasteiger charge is 2.31. The Morgan fingerprint density at radius 2 is 1.67 bits per heavy atom. The molecule has 0 bridgehead atoms. The first kappa shape index (κ1) is 16.7. The number of aromatic nitrogens is 4. The van der Waals surface area contributed by atoms with Crippen LogP contribution in [0.15, 0.2) is 36.7 Å². The molecule has 0 aliphatic carbocycles. The summed E-state index contributed by atoms with van der Waals surface area (Å²) in [6.07, 6.45) is -3.02. The summed E-state index contributed by atoms with van der Waals surface area (Å²) in [6, 6.07) is 6.28. The number of hydrogen-bond acceptors (Lipinski definition) is 3. The molecule has 0 saturated heterocycles. The zero-order chi connectivity index (χ0) is 17.5. The van der Waals surface area contributed by atoms with E-state index >= 15 is 0 Å². The van der Waals surface area contributed by atoms with Crippen LogP contribution >= 0.6 is 23.2 Å². The van der Waals surface area contributed by atoms with Crippen LogP contribution in [0.2, 0.25) is 10.3 Å². The van der Waals surface area contributed by atoms with Crippen molar-refractivity contribution >= 4 is 23.2 Å². The molecule has 124 valence electrons. The van der Waals surface area contributed by atoms with Crippen molar-refractivity contribution in [3.05, 3.63) is 52.5 Å². The van der Waals surface area contributed by atoms with Crippen LogP contribution in [0.5, 0.6) is 0 Å². The van der Waals surface area contributed by atoms with Crippen LogP contribution < -0.4 is 0 Å². The molecule has 9 heteroatoms. The van der Waals surface area contributed by atoms with E-state index < -0.39 is 11.7 Å². The molecule has 0 amide bonds. The summed E-state index contributed by atoms with van der Waals surface area (Å²) in [7, 11) is 1.70. The van der Waals surface area contributed by atoms with Gasteiger partial charge in [-0.3, -0.25) is 0 Å². The van der Waals surface area contributed by atoms with E-state index in [9.17, 15) is 13.2 Å². The molecule has 4 nitrogen and oxygen atoms in total. The van der Waals surface area contributed by atoms with Gasteiger partial charge in [0, 0.05) is 12.6 Å². The molecule has 0 atom stereocenters. The second-order valence-corrected chi connectivity index (χ2v) is 5.80. The molecule has 0 radical (unpaired) electrons. The van der Waals surface area contributed by atoms with Crippen LogP contribution in [0, 0.1) is 0 Å². The monoisotopic (exact) mass is 372 g/mol. The first-order chi connectivity index (χ1) is 11.3. The maximum Gasteiger partial charge on any atom is 0.416 e. The van der Waals surface area contributed by atoms with E-state index in [1.165, 1.54) is 24.5 Å². The Bertz CT molecular complexity index is 886. The van der Waals surface area contributed by atoms with Crippen LogP contribution in [-0.4, -0.2) is 19.7 Å². The fourth-order valence-electron chi connectivity index (χ4n) is 2.30. The van der Waals surface area contributed by atoms with Gasteiger partial charge in [0.05, 0.1) is 5.56 Å². The molecule has 0 fully saturated rings. The smallest absolute Gasteiger partial charge is 0.317 e. The maximum absolute atomic E-state index is 13.1. The minimum Gasteiger partial charge on any atom is -0.317 e. The summed E-state index contributed by atoms with van der Waals surface area (Å²) in [5, 5.41) is 7.89. The van der Waals surface area contributed by atoms with Gasteiger partial charge in [0.25, 0.3) is 0 Å². The lowest BCUT2D eigenvalue weighted by atomic mass is 9.97. The molecule has 0 spiro atoms. The quantitative estimate of drug-likeness (QED) is 0.602. The van der Waals surface area contributed by atoms with Gasteiger partial charge in [-0.1, -0.05) is 23.2 Å². The highest BCUT2D eigenvalue weighted by atomic mass is 35.5. The van der Waals surface area contributed by atoms with Crippen molar-refractivity contribution in [3.8, 4) is 22.5 Å². The zero-order valence-corrected chi connectivity index (χ0v) is 13.7. The number of aryl methyl sites for hydroxylation is 1. The SMILES string of the molecule is Cn1cnnc1-c1ccc(C(F)(F)F)cc1-c1cc(Cl)nc(Cl)c1. The summed E-state index contributed by atoms with van der Waals surface area (Å²) in [6.45, 7) is 0. The standard InChI is InChI=1S/C15H9Cl2F3N4/c1-24-7-21-23-14(24)10-3-2-9(15(18,19)20)6-11(10)8-4-12(16)22-13(17)5-8/h2-7H,1H3. The second-order valence-electron chi connectivity index (χ2n) is 5.02. The lowest BCUT2D eigenvalue weighted by Gasteiger charge is -2.14. The second kappa shape index (κ2) is 6.07. The molecule has 2 aromatic heterocycles. The van der Waals surface area contributed by atoms with Gasteiger partial charge in [-0.25, -0.2) is 4.98 Å². The predicted octanol–water partition coefficient (Wildman–Crippen LogP) is 4.87. The summed E-state index contributed by atoms with van der Waals surface area (Å²) in [5.74, 6) is 0.419. The highest BCUT2D eigenvalue weighted by Crippen LogP contribution is 2.38. The predicted molar refractivity (Wildman–Crippen MR) is 84.7 cm³/mol. The van der Waals surface area contributed by atoms with E-state index in [0.29, 0.717) is 17.0 Å². The van der Waals surface area contributed by atoms with Gasteiger partial charge in [-0.15, -0.1) is 10.2 Å². The topological polar surface area (TPSA) is 43.6 Å².